The summed E-state index contributed by atoms with van der Waals surface area (Å²) in [6, 6.07) is 12.2. The number of aryl methyl sites for hydroxylation is 1. The molecule has 18 heavy (non-hydrogen) atoms. The summed E-state index contributed by atoms with van der Waals surface area (Å²) in [4.78, 5) is 10.5. The fourth-order valence-corrected chi connectivity index (χ4v) is 2.00. The van der Waals surface area contributed by atoms with Crippen molar-refractivity contribution in [3.63, 3.8) is 0 Å². The van der Waals surface area contributed by atoms with Crippen LogP contribution >= 0.6 is 22.6 Å². The normalized spacial score (nSPS) is 10.1. The van der Waals surface area contributed by atoms with Crippen LogP contribution in [0.1, 0.15) is 5.56 Å². The zero-order valence-corrected chi connectivity index (χ0v) is 11.7. The van der Waals surface area contributed by atoms with E-state index in [0.717, 1.165) is 9.13 Å². The molecule has 2 rings (SSSR count). The quantitative estimate of drug-likeness (QED) is 0.469. The van der Waals surface area contributed by atoms with Crippen molar-refractivity contribution in [2.75, 3.05) is 0 Å². The molecule has 0 bridgehead atoms. The van der Waals surface area contributed by atoms with Crippen molar-refractivity contribution in [2.24, 2.45) is 0 Å². The van der Waals surface area contributed by atoms with Crippen LogP contribution < -0.4 is 4.74 Å². The maximum absolute atomic E-state index is 10.9. The highest BCUT2D eigenvalue weighted by Crippen LogP contribution is 2.33. The van der Waals surface area contributed by atoms with Gasteiger partial charge >= 0.3 is 5.69 Å². The lowest BCUT2D eigenvalue weighted by Gasteiger charge is -2.08. The Bertz CT molecular complexity index is 599. The summed E-state index contributed by atoms with van der Waals surface area (Å²) >= 11 is 2.13. The number of hydrogen-bond acceptors (Lipinski definition) is 3. The van der Waals surface area contributed by atoms with Crippen molar-refractivity contribution in [3.8, 4) is 11.5 Å². The maximum atomic E-state index is 10.9. The molecule has 2 aromatic rings. The van der Waals surface area contributed by atoms with Gasteiger partial charge in [-0.25, -0.2) is 0 Å². The van der Waals surface area contributed by atoms with E-state index in [1.807, 2.05) is 25.1 Å². The van der Waals surface area contributed by atoms with Gasteiger partial charge in [-0.3, -0.25) is 10.1 Å². The van der Waals surface area contributed by atoms with Crippen LogP contribution in [0.3, 0.4) is 0 Å². The van der Waals surface area contributed by atoms with E-state index in [1.54, 1.807) is 18.2 Å². The lowest BCUT2D eigenvalue weighted by Crippen LogP contribution is -1.94. The SMILES string of the molecule is Cc1ccc([N+](=O)[O-])c(Oc2ccccc2I)c1. The zero-order chi connectivity index (χ0) is 13.1. The van der Waals surface area contributed by atoms with E-state index in [0.29, 0.717) is 5.75 Å². The fraction of sp³-hybridized carbons (Fsp3) is 0.0769. The first-order chi connectivity index (χ1) is 8.58. The molecule has 2 aromatic carbocycles. The number of nitrogens with zero attached hydrogens (tertiary/aromatic N) is 1. The molecule has 0 aliphatic rings. The lowest BCUT2D eigenvalue weighted by atomic mass is 10.2. The van der Waals surface area contributed by atoms with Crippen molar-refractivity contribution >= 4 is 28.3 Å². The van der Waals surface area contributed by atoms with Crippen LogP contribution in [0.5, 0.6) is 11.5 Å². The van der Waals surface area contributed by atoms with Crippen molar-refractivity contribution in [3.05, 3.63) is 61.7 Å². The van der Waals surface area contributed by atoms with Gasteiger partial charge in [-0.15, -0.1) is 0 Å². The van der Waals surface area contributed by atoms with E-state index >= 15 is 0 Å². The minimum atomic E-state index is -0.440. The average Bonchev–Trinajstić information content (AvgIpc) is 2.32. The van der Waals surface area contributed by atoms with Crippen LogP contribution in [0.25, 0.3) is 0 Å². The molecule has 92 valence electrons. The van der Waals surface area contributed by atoms with Crippen LogP contribution in [0.4, 0.5) is 5.69 Å². The van der Waals surface area contributed by atoms with Gasteiger partial charge in [-0.1, -0.05) is 18.2 Å². The minimum Gasteiger partial charge on any atom is -0.449 e. The van der Waals surface area contributed by atoms with E-state index in [1.165, 1.54) is 6.07 Å². The summed E-state index contributed by atoms with van der Waals surface area (Å²) in [5.41, 5.74) is 0.891. The molecule has 0 spiro atoms. The number of halogens is 1. The molecule has 0 saturated carbocycles. The van der Waals surface area contributed by atoms with E-state index in [4.69, 9.17) is 4.74 Å². The Morgan fingerprint density at radius 1 is 1.17 bits per heavy atom. The van der Waals surface area contributed by atoms with E-state index in [2.05, 4.69) is 22.6 Å². The molecule has 0 heterocycles. The Morgan fingerprint density at radius 3 is 2.56 bits per heavy atom. The van der Waals surface area contributed by atoms with Crippen LogP contribution in [-0.2, 0) is 0 Å². The molecule has 0 radical (unpaired) electrons. The summed E-state index contributed by atoms with van der Waals surface area (Å²) in [5.74, 6) is 0.885. The second-order valence-corrected chi connectivity index (χ2v) is 4.92. The molecule has 0 aliphatic heterocycles. The summed E-state index contributed by atoms with van der Waals surface area (Å²) in [6.45, 7) is 1.87. The predicted molar refractivity (Wildman–Crippen MR) is 77.1 cm³/mol. The Kier molecular flexibility index (Phi) is 3.81. The van der Waals surface area contributed by atoms with Crippen LogP contribution in [-0.4, -0.2) is 4.92 Å². The largest absolute Gasteiger partial charge is 0.449 e. The number of hydrogen-bond donors (Lipinski definition) is 0. The first kappa shape index (κ1) is 12.8. The minimum absolute atomic E-state index is 0.0275. The topological polar surface area (TPSA) is 52.4 Å². The molecule has 0 saturated heterocycles. The molecule has 0 aromatic heterocycles. The van der Waals surface area contributed by atoms with Crippen LogP contribution in [0, 0.1) is 20.6 Å². The number of nitro groups is 1. The molecule has 0 unspecified atom stereocenters. The molecule has 5 heteroatoms. The Balaban J connectivity index is 2.42. The van der Waals surface area contributed by atoms with Gasteiger partial charge in [0.2, 0.25) is 5.75 Å². The molecule has 0 N–H and O–H groups in total. The average molecular weight is 355 g/mol. The van der Waals surface area contributed by atoms with Gasteiger partial charge in [0.15, 0.2) is 0 Å². The molecule has 0 amide bonds. The van der Waals surface area contributed by atoms with Crippen molar-refractivity contribution in [1.29, 1.82) is 0 Å². The summed E-state index contributed by atoms with van der Waals surface area (Å²) in [6.07, 6.45) is 0. The number of rotatable bonds is 3. The van der Waals surface area contributed by atoms with Crippen molar-refractivity contribution < 1.29 is 9.66 Å². The molecule has 0 fully saturated rings. The van der Waals surface area contributed by atoms with E-state index in [-0.39, 0.29) is 11.4 Å². The molecule has 0 aliphatic carbocycles. The number of nitro benzene ring substituents is 1. The second kappa shape index (κ2) is 5.34. The molecule has 4 nitrogen and oxygen atoms in total. The van der Waals surface area contributed by atoms with Gasteiger partial charge in [0, 0.05) is 6.07 Å². The Labute approximate surface area is 118 Å². The third-order valence-corrected chi connectivity index (χ3v) is 3.26. The highest BCUT2D eigenvalue weighted by molar-refractivity contribution is 14.1. The fourth-order valence-electron chi connectivity index (χ4n) is 1.50. The third kappa shape index (κ3) is 2.79. The van der Waals surface area contributed by atoms with Gasteiger partial charge in [-0.2, -0.15) is 0 Å². The standard InChI is InChI=1S/C13H10INO3/c1-9-6-7-11(15(16)17)13(8-9)18-12-5-3-2-4-10(12)14/h2-8H,1H3. The molecule has 0 atom stereocenters. The van der Waals surface area contributed by atoms with Gasteiger partial charge in [-0.05, 0) is 53.3 Å². The van der Waals surface area contributed by atoms with Gasteiger partial charge in [0.05, 0.1) is 8.49 Å². The van der Waals surface area contributed by atoms with E-state index in [9.17, 15) is 10.1 Å². The predicted octanol–water partition coefficient (Wildman–Crippen LogP) is 4.30. The molecular weight excluding hydrogens is 345 g/mol. The van der Waals surface area contributed by atoms with Gasteiger partial charge in [0.1, 0.15) is 5.75 Å². The van der Waals surface area contributed by atoms with Crippen molar-refractivity contribution in [1.82, 2.24) is 0 Å². The van der Waals surface area contributed by atoms with Crippen molar-refractivity contribution in [2.45, 2.75) is 6.92 Å². The maximum Gasteiger partial charge on any atom is 0.311 e. The third-order valence-electron chi connectivity index (χ3n) is 2.37. The second-order valence-electron chi connectivity index (χ2n) is 3.76. The smallest absolute Gasteiger partial charge is 0.311 e. The van der Waals surface area contributed by atoms with Gasteiger partial charge < -0.3 is 4.74 Å². The number of benzene rings is 2. The Morgan fingerprint density at radius 2 is 1.89 bits per heavy atom. The summed E-state index contributed by atoms with van der Waals surface area (Å²) in [5, 5.41) is 10.9. The first-order valence-corrected chi connectivity index (χ1v) is 6.33. The van der Waals surface area contributed by atoms with Gasteiger partial charge in [0.25, 0.3) is 0 Å². The number of ether oxygens (including phenoxy) is 1. The monoisotopic (exact) mass is 355 g/mol. The van der Waals surface area contributed by atoms with E-state index < -0.39 is 4.92 Å². The van der Waals surface area contributed by atoms with Crippen LogP contribution in [0.15, 0.2) is 42.5 Å². The summed E-state index contributed by atoms with van der Waals surface area (Å²) < 4.78 is 6.54. The first-order valence-electron chi connectivity index (χ1n) is 5.25. The molecular formula is C13H10INO3. The number of para-hydroxylation sites is 1. The lowest BCUT2D eigenvalue weighted by molar-refractivity contribution is -0.385. The highest BCUT2D eigenvalue weighted by Gasteiger charge is 2.16. The summed E-state index contributed by atoms with van der Waals surface area (Å²) in [7, 11) is 0. The van der Waals surface area contributed by atoms with Crippen LogP contribution in [0.2, 0.25) is 0 Å². The highest BCUT2D eigenvalue weighted by atomic mass is 127. The Hall–Kier alpha value is -1.63. The zero-order valence-electron chi connectivity index (χ0n) is 9.59.